The minimum atomic E-state index is -4.15. The Bertz CT molecular complexity index is 1440. The van der Waals surface area contributed by atoms with Crippen LogP contribution in [0.3, 0.4) is 0 Å². The molecule has 3 rings (SSSR count). The van der Waals surface area contributed by atoms with Gasteiger partial charge in [0.25, 0.3) is 10.0 Å². The molecule has 0 spiro atoms. The number of amides is 2. The molecule has 0 saturated carbocycles. The Labute approximate surface area is 244 Å². The van der Waals surface area contributed by atoms with Crippen molar-refractivity contribution in [3.8, 4) is 5.75 Å². The van der Waals surface area contributed by atoms with Crippen LogP contribution in [-0.4, -0.2) is 50.9 Å². The summed E-state index contributed by atoms with van der Waals surface area (Å²) < 4.78 is 34.4. The minimum Gasteiger partial charge on any atom is -0.497 e. The lowest BCUT2D eigenvalue weighted by Crippen LogP contribution is -2.53. The lowest BCUT2D eigenvalue weighted by atomic mass is 10.1. The second-order valence-corrected chi connectivity index (χ2v) is 12.1. The van der Waals surface area contributed by atoms with Crippen LogP contribution in [0, 0.1) is 13.8 Å². The molecule has 0 unspecified atom stereocenters. The zero-order valence-corrected chi connectivity index (χ0v) is 25.6. The van der Waals surface area contributed by atoms with Gasteiger partial charge in [0.05, 0.1) is 17.7 Å². The standard InChI is InChI=1S/C32H41N3O5S/c1-7-25(5)33-32(37)30(8-2)34(21-26-12-9-11-24(4)19-26)31(36)22-35(27-13-10-14-28(20-27)40-6)41(38,39)29-17-15-23(3)16-18-29/h9-20,25,30H,7-8,21-22H2,1-6H3,(H,33,37)/t25-,30+/m1/s1. The topological polar surface area (TPSA) is 96.0 Å². The maximum atomic E-state index is 14.2. The third kappa shape index (κ3) is 8.10. The third-order valence-corrected chi connectivity index (χ3v) is 8.84. The fourth-order valence-electron chi connectivity index (χ4n) is 4.50. The summed E-state index contributed by atoms with van der Waals surface area (Å²) in [6, 6.07) is 19.9. The summed E-state index contributed by atoms with van der Waals surface area (Å²) in [4.78, 5) is 29.1. The molecule has 2 atom stereocenters. The number of rotatable bonds is 13. The van der Waals surface area contributed by atoms with E-state index in [0.717, 1.165) is 27.4 Å². The van der Waals surface area contributed by atoms with E-state index in [-0.39, 0.29) is 29.1 Å². The summed E-state index contributed by atoms with van der Waals surface area (Å²) in [5.41, 5.74) is 3.07. The molecule has 0 aliphatic heterocycles. The van der Waals surface area contributed by atoms with Crippen molar-refractivity contribution in [2.24, 2.45) is 0 Å². The summed E-state index contributed by atoms with van der Waals surface area (Å²) in [7, 11) is -2.66. The Morgan fingerprint density at radius 2 is 1.59 bits per heavy atom. The Morgan fingerprint density at radius 1 is 0.902 bits per heavy atom. The van der Waals surface area contributed by atoms with Crippen molar-refractivity contribution in [3.05, 3.63) is 89.5 Å². The highest BCUT2D eigenvalue weighted by atomic mass is 32.2. The Hall–Kier alpha value is -3.85. The summed E-state index contributed by atoms with van der Waals surface area (Å²) in [6.07, 6.45) is 1.11. The second kappa shape index (κ2) is 14.2. The van der Waals surface area contributed by atoms with E-state index in [9.17, 15) is 18.0 Å². The first-order valence-corrected chi connectivity index (χ1v) is 15.3. The van der Waals surface area contributed by atoms with E-state index in [0.29, 0.717) is 12.2 Å². The van der Waals surface area contributed by atoms with Crippen molar-refractivity contribution in [2.75, 3.05) is 18.0 Å². The molecule has 2 amide bonds. The average molecular weight is 580 g/mol. The molecule has 0 bridgehead atoms. The molecule has 3 aromatic rings. The molecule has 0 saturated heterocycles. The molecule has 0 aromatic heterocycles. The van der Waals surface area contributed by atoms with Crippen LogP contribution in [0.25, 0.3) is 0 Å². The van der Waals surface area contributed by atoms with Crippen LogP contribution >= 0.6 is 0 Å². The summed E-state index contributed by atoms with van der Waals surface area (Å²) >= 11 is 0. The maximum absolute atomic E-state index is 14.2. The first-order valence-electron chi connectivity index (χ1n) is 13.9. The van der Waals surface area contributed by atoms with E-state index in [1.165, 1.54) is 24.1 Å². The molecule has 1 N–H and O–H groups in total. The number of carbonyl (C=O) groups excluding carboxylic acids is 2. The molecule has 8 nitrogen and oxygen atoms in total. The van der Waals surface area contributed by atoms with Crippen LogP contribution in [0.5, 0.6) is 5.75 Å². The first-order chi connectivity index (χ1) is 19.5. The number of hydrogen-bond acceptors (Lipinski definition) is 5. The van der Waals surface area contributed by atoms with Crippen molar-refractivity contribution in [2.45, 2.75) is 71.0 Å². The van der Waals surface area contributed by atoms with Crippen LogP contribution in [-0.2, 0) is 26.2 Å². The molecule has 0 aliphatic rings. The van der Waals surface area contributed by atoms with Crippen molar-refractivity contribution in [3.63, 3.8) is 0 Å². The van der Waals surface area contributed by atoms with Gasteiger partial charge in [-0.25, -0.2) is 8.42 Å². The number of nitrogens with zero attached hydrogens (tertiary/aromatic N) is 2. The highest BCUT2D eigenvalue weighted by Gasteiger charge is 2.34. The van der Waals surface area contributed by atoms with Gasteiger partial charge >= 0.3 is 0 Å². The summed E-state index contributed by atoms with van der Waals surface area (Å²) in [5, 5.41) is 2.99. The van der Waals surface area contributed by atoms with Gasteiger partial charge in [0, 0.05) is 18.7 Å². The summed E-state index contributed by atoms with van der Waals surface area (Å²) in [5.74, 6) is -0.302. The van der Waals surface area contributed by atoms with Gasteiger partial charge in [-0.05, 0) is 63.4 Å². The van der Waals surface area contributed by atoms with E-state index < -0.39 is 28.5 Å². The quantitative estimate of drug-likeness (QED) is 0.299. The number of methoxy groups -OCH3 is 1. The Kier molecular flexibility index (Phi) is 10.9. The lowest BCUT2D eigenvalue weighted by molar-refractivity contribution is -0.140. The van der Waals surface area contributed by atoms with Gasteiger partial charge in [0.1, 0.15) is 18.3 Å². The Balaban J connectivity index is 2.08. The first kappa shape index (κ1) is 31.7. The number of hydrogen-bond donors (Lipinski definition) is 1. The van der Waals surface area contributed by atoms with Crippen molar-refractivity contribution >= 4 is 27.5 Å². The molecular weight excluding hydrogens is 538 g/mol. The number of nitrogens with one attached hydrogen (secondary N) is 1. The highest BCUT2D eigenvalue weighted by molar-refractivity contribution is 7.92. The summed E-state index contributed by atoms with van der Waals surface area (Å²) in [6.45, 7) is 9.23. The maximum Gasteiger partial charge on any atom is 0.264 e. The Morgan fingerprint density at radius 3 is 2.20 bits per heavy atom. The number of anilines is 1. The van der Waals surface area contributed by atoms with Crippen LogP contribution in [0.1, 0.15) is 50.3 Å². The monoisotopic (exact) mass is 579 g/mol. The number of carbonyl (C=O) groups is 2. The normalized spacial score (nSPS) is 12.7. The average Bonchev–Trinajstić information content (AvgIpc) is 2.95. The molecule has 0 heterocycles. The van der Waals surface area contributed by atoms with Crippen LogP contribution in [0.2, 0.25) is 0 Å². The molecule has 9 heteroatoms. The van der Waals surface area contributed by atoms with Crippen molar-refractivity contribution < 1.29 is 22.7 Å². The fourth-order valence-corrected chi connectivity index (χ4v) is 5.91. The molecular formula is C32H41N3O5S. The number of benzene rings is 3. The number of ether oxygens (including phenoxy) is 1. The second-order valence-electron chi connectivity index (χ2n) is 10.3. The lowest BCUT2D eigenvalue weighted by Gasteiger charge is -2.34. The molecule has 3 aromatic carbocycles. The molecule has 41 heavy (non-hydrogen) atoms. The molecule has 0 aliphatic carbocycles. The van der Waals surface area contributed by atoms with E-state index >= 15 is 0 Å². The van der Waals surface area contributed by atoms with Gasteiger partial charge < -0.3 is 15.0 Å². The predicted octanol–water partition coefficient (Wildman–Crippen LogP) is 5.23. The van der Waals surface area contributed by atoms with Gasteiger partial charge in [-0.1, -0.05) is 67.4 Å². The minimum absolute atomic E-state index is 0.0607. The number of sulfonamides is 1. The van der Waals surface area contributed by atoms with E-state index in [1.54, 1.807) is 36.4 Å². The molecule has 220 valence electrons. The van der Waals surface area contributed by atoms with Gasteiger partial charge in [-0.2, -0.15) is 0 Å². The molecule has 0 radical (unpaired) electrons. The smallest absolute Gasteiger partial charge is 0.264 e. The van der Waals surface area contributed by atoms with Gasteiger partial charge in [-0.15, -0.1) is 0 Å². The van der Waals surface area contributed by atoms with Gasteiger partial charge in [-0.3, -0.25) is 13.9 Å². The van der Waals surface area contributed by atoms with E-state index in [1.807, 2.05) is 58.9 Å². The van der Waals surface area contributed by atoms with E-state index in [2.05, 4.69) is 5.32 Å². The van der Waals surface area contributed by atoms with Crippen molar-refractivity contribution in [1.82, 2.24) is 10.2 Å². The van der Waals surface area contributed by atoms with Crippen LogP contribution in [0.15, 0.2) is 77.7 Å². The zero-order chi connectivity index (χ0) is 30.2. The molecule has 0 fully saturated rings. The third-order valence-electron chi connectivity index (χ3n) is 7.05. The highest BCUT2D eigenvalue weighted by Crippen LogP contribution is 2.28. The van der Waals surface area contributed by atoms with E-state index in [4.69, 9.17) is 4.74 Å². The van der Waals surface area contributed by atoms with Gasteiger partial charge in [0.2, 0.25) is 11.8 Å². The van der Waals surface area contributed by atoms with Crippen LogP contribution in [0.4, 0.5) is 5.69 Å². The van der Waals surface area contributed by atoms with Crippen LogP contribution < -0.4 is 14.4 Å². The zero-order valence-electron chi connectivity index (χ0n) is 24.8. The van der Waals surface area contributed by atoms with Gasteiger partial charge in [0.15, 0.2) is 0 Å². The fraction of sp³-hybridized carbons (Fsp3) is 0.375. The largest absolute Gasteiger partial charge is 0.497 e. The predicted molar refractivity (Wildman–Crippen MR) is 162 cm³/mol. The SMILES string of the molecule is CC[C@@H](C)NC(=O)[C@H](CC)N(Cc1cccc(C)c1)C(=O)CN(c1cccc(OC)c1)S(=O)(=O)c1ccc(C)cc1. The van der Waals surface area contributed by atoms with Crippen molar-refractivity contribution in [1.29, 1.82) is 0 Å². The number of aryl methyl sites for hydroxylation is 2.